The van der Waals surface area contributed by atoms with Gasteiger partial charge in [-0.25, -0.2) is 0 Å². The lowest BCUT2D eigenvalue weighted by molar-refractivity contribution is -0.383. The molecule has 0 spiro atoms. The van der Waals surface area contributed by atoms with Gasteiger partial charge in [0.1, 0.15) is 11.4 Å². The lowest BCUT2D eigenvalue weighted by Gasteiger charge is -2.09. The van der Waals surface area contributed by atoms with E-state index < -0.39 is 10.8 Å². The fourth-order valence-electron chi connectivity index (χ4n) is 2.39. The molecule has 1 amide bonds. The van der Waals surface area contributed by atoms with Gasteiger partial charge < -0.3 is 15.7 Å². The van der Waals surface area contributed by atoms with Crippen LogP contribution in [0.3, 0.4) is 0 Å². The third kappa shape index (κ3) is 3.96. The number of amides is 1. The first-order valence-electron chi connectivity index (χ1n) is 7.74. The van der Waals surface area contributed by atoms with Gasteiger partial charge in [-0.1, -0.05) is 24.3 Å². The Morgan fingerprint density at radius 3 is 2.35 bits per heavy atom. The van der Waals surface area contributed by atoms with Crippen molar-refractivity contribution in [3.05, 3.63) is 88.5 Å². The molecular weight excluding hydrogens is 334 g/mol. The summed E-state index contributed by atoms with van der Waals surface area (Å²) in [5.41, 5.74) is 1.24. The highest BCUT2D eigenvalue weighted by Crippen LogP contribution is 2.30. The summed E-state index contributed by atoms with van der Waals surface area (Å²) in [5, 5.41) is 26.5. The number of benzene rings is 3. The van der Waals surface area contributed by atoms with Crippen molar-refractivity contribution in [1.29, 1.82) is 0 Å². The van der Waals surface area contributed by atoms with Crippen molar-refractivity contribution in [3.8, 4) is 5.75 Å². The highest BCUT2D eigenvalue weighted by atomic mass is 16.6. The maximum Gasteiger partial charge on any atom is 0.293 e. The van der Waals surface area contributed by atoms with Crippen LogP contribution >= 0.6 is 0 Å². The van der Waals surface area contributed by atoms with Crippen molar-refractivity contribution in [1.82, 2.24) is 0 Å². The summed E-state index contributed by atoms with van der Waals surface area (Å²) in [6, 6.07) is 19.2. The molecule has 26 heavy (non-hydrogen) atoms. The highest BCUT2D eigenvalue weighted by Gasteiger charge is 2.18. The summed E-state index contributed by atoms with van der Waals surface area (Å²) in [7, 11) is 0. The van der Waals surface area contributed by atoms with E-state index >= 15 is 0 Å². The van der Waals surface area contributed by atoms with Gasteiger partial charge in [0.05, 0.1) is 4.92 Å². The minimum atomic E-state index is -0.565. The van der Waals surface area contributed by atoms with E-state index in [1.165, 1.54) is 30.3 Å². The standard InChI is InChI=1S/C19H15N3O4/c23-16-8-4-7-15(12-16)20-17-10-9-13(11-18(17)22(25)26)19(24)21-14-5-2-1-3-6-14/h1-12,20,23H,(H,21,24). The fraction of sp³-hybridized carbons (Fsp3) is 0. The lowest BCUT2D eigenvalue weighted by Crippen LogP contribution is -2.12. The van der Waals surface area contributed by atoms with Crippen LogP contribution in [0.15, 0.2) is 72.8 Å². The zero-order valence-corrected chi connectivity index (χ0v) is 13.5. The number of para-hydroxylation sites is 1. The average molecular weight is 349 g/mol. The number of phenolic OH excluding ortho intramolecular Hbond substituents is 1. The third-order valence-electron chi connectivity index (χ3n) is 3.61. The number of aromatic hydroxyl groups is 1. The number of hydrogen-bond acceptors (Lipinski definition) is 5. The number of nitro benzene ring substituents is 1. The summed E-state index contributed by atoms with van der Waals surface area (Å²) in [4.78, 5) is 23.1. The Labute approximate surface area is 149 Å². The number of nitrogens with zero attached hydrogens (tertiary/aromatic N) is 1. The van der Waals surface area contributed by atoms with Crippen LogP contribution in [0.1, 0.15) is 10.4 Å². The highest BCUT2D eigenvalue weighted by molar-refractivity contribution is 6.05. The molecule has 3 N–H and O–H groups in total. The SMILES string of the molecule is O=C(Nc1ccccc1)c1ccc(Nc2cccc(O)c2)c([N+](=O)[O-])c1. The molecule has 0 aromatic heterocycles. The maximum atomic E-state index is 12.3. The number of nitrogens with one attached hydrogen (secondary N) is 2. The molecule has 130 valence electrons. The molecule has 7 heteroatoms. The molecule has 0 radical (unpaired) electrons. The maximum absolute atomic E-state index is 12.3. The van der Waals surface area contributed by atoms with E-state index in [1.807, 2.05) is 6.07 Å². The molecule has 0 aliphatic carbocycles. The molecule has 7 nitrogen and oxygen atoms in total. The van der Waals surface area contributed by atoms with Crippen molar-refractivity contribution in [3.63, 3.8) is 0 Å². The van der Waals surface area contributed by atoms with Gasteiger partial charge in [-0.2, -0.15) is 0 Å². The largest absolute Gasteiger partial charge is 0.508 e. The van der Waals surface area contributed by atoms with Crippen LogP contribution in [0, 0.1) is 10.1 Å². The van der Waals surface area contributed by atoms with E-state index in [9.17, 15) is 20.0 Å². The van der Waals surface area contributed by atoms with Crippen LogP contribution in [0.25, 0.3) is 0 Å². The Kier molecular flexibility index (Phi) is 4.80. The number of nitro groups is 1. The summed E-state index contributed by atoms with van der Waals surface area (Å²) < 4.78 is 0. The molecule has 0 fully saturated rings. The second kappa shape index (κ2) is 7.35. The van der Waals surface area contributed by atoms with Crippen LogP contribution in [0.4, 0.5) is 22.7 Å². The first-order chi connectivity index (χ1) is 12.5. The molecule has 0 bridgehead atoms. The van der Waals surface area contributed by atoms with Crippen LogP contribution in [0.2, 0.25) is 0 Å². The van der Waals surface area contributed by atoms with Gasteiger partial charge in [0, 0.05) is 29.1 Å². The molecule has 0 atom stereocenters. The molecule has 3 rings (SSSR count). The van der Waals surface area contributed by atoms with E-state index in [2.05, 4.69) is 10.6 Å². The van der Waals surface area contributed by atoms with E-state index in [4.69, 9.17) is 0 Å². The third-order valence-corrected chi connectivity index (χ3v) is 3.61. The van der Waals surface area contributed by atoms with Crippen molar-refractivity contribution < 1.29 is 14.8 Å². The predicted molar refractivity (Wildman–Crippen MR) is 98.9 cm³/mol. The van der Waals surface area contributed by atoms with Gasteiger partial charge in [0.15, 0.2) is 0 Å². The smallest absolute Gasteiger partial charge is 0.293 e. The van der Waals surface area contributed by atoms with E-state index in [0.717, 1.165) is 0 Å². The number of rotatable bonds is 5. The van der Waals surface area contributed by atoms with Crippen molar-refractivity contribution in [2.75, 3.05) is 10.6 Å². The zero-order valence-electron chi connectivity index (χ0n) is 13.5. The van der Waals surface area contributed by atoms with Gasteiger partial charge >= 0.3 is 0 Å². The Balaban J connectivity index is 1.87. The minimum Gasteiger partial charge on any atom is -0.508 e. The van der Waals surface area contributed by atoms with Crippen LogP contribution < -0.4 is 10.6 Å². The Bertz CT molecular complexity index is 958. The molecule has 3 aromatic carbocycles. The first-order valence-corrected chi connectivity index (χ1v) is 7.74. The average Bonchev–Trinajstić information content (AvgIpc) is 2.62. The summed E-state index contributed by atoms with van der Waals surface area (Å²) in [6.45, 7) is 0. The number of anilines is 3. The van der Waals surface area contributed by atoms with Gasteiger partial charge in [0.2, 0.25) is 0 Å². The quantitative estimate of drug-likeness (QED) is 0.471. The van der Waals surface area contributed by atoms with Gasteiger partial charge in [-0.15, -0.1) is 0 Å². The molecule has 0 heterocycles. The van der Waals surface area contributed by atoms with Crippen LogP contribution in [-0.4, -0.2) is 15.9 Å². The molecule has 0 aliphatic rings. The Morgan fingerprint density at radius 1 is 0.923 bits per heavy atom. The van der Waals surface area contributed by atoms with E-state index in [1.54, 1.807) is 36.4 Å². The van der Waals surface area contributed by atoms with E-state index in [0.29, 0.717) is 11.4 Å². The number of phenols is 1. The molecule has 3 aromatic rings. The van der Waals surface area contributed by atoms with Gasteiger partial charge in [-0.05, 0) is 36.4 Å². The van der Waals surface area contributed by atoms with Crippen LogP contribution in [0.5, 0.6) is 5.75 Å². The minimum absolute atomic E-state index is 0.0384. The molecular formula is C19H15N3O4. The zero-order chi connectivity index (χ0) is 18.5. The predicted octanol–water partition coefficient (Wildman–Crippen LogP) is 4.30. The topological polar surface area (TPSA) is 104 Å². The molecule has 0 saturated heterocycles. The molecule has 0 unspecified atom stereocenters. The molecule has 0 aliphatic heterocycles. The second-order valence-electron chi connectivity index (χ2n) is 5.48. The van der Waals surface area contributed by atoms with Crippen molar-refractivity contribution in [2.24, 2.45) is 0 Å². The summed E-state index contributed by atoms with van der Waals surface area (Å²) in [6.07, 6.45) is 0. The van der Waals surface area contributed by atoms with Crippen LogP contribution in [-0.2, 0) is 0 Å². The number of hydrogen-bond donors (Lipinski definition) is 3. The second-order valence-corrected chi connectivity index (χ2v) is 5.48. The van der Waals surface area contributed by atoms with Crippen molar-refractivity contribution in [2.45, 2.75) is 0 Å². The Hall–Kier alpha value is -3.87. The summed E-state index contributed by atoms with van der Waals surface area (Å²) >= 11 is 0. The fourth-order valence-corrected chi connectivity index (χ4v) is 2.39. The lowest BCUT2D eigenvalue weighted by atomic mass is 10.1. The molecule has 0 saturated carbocycles. The van der Waals surface area contributed by atoms with Crippen molar-refractivity contribution >= 4 is 28.7 Å². The number of carbonyl (C=O) groups is 1. The summed E-state index contributed by atoms with van der Waals surface area (Å²) in [5.74, 6) is -0.403. The first kappa shape index (κ1) is 17.0. The normalized spacial score (nSPS) is 10.2. The van der Waals surface area contributed by atoms with Gasteiger partial charge in [-0.3, -0.25) is 14.9 Å². The Morgan fingerprint density at radius 2 is 1.65 bits per heavy atom. The number of carbonyl (C=O) groups excluding carboxylic acids is 1. The van der Waals surface area contributed by atoms with Gasteiger partial charge in [0.25, 0.3) is 11.6 Å². The monoisotopic (exact) mass is 349 g/mol. The van der Waals surface area contributed by atoms with E-state index in [-0.39, 0.29) is 22.7 Å².